The zero-order chi connectivity index (χ0) is 17.9. The number of aromatic nitrogens is 2. The fraction of sp³-hybridized carbons (Fsp3) is 0.130. The molecule has 3 aromatic carbocycles. The van der Waals surface area contributed by atoms with Crippen molar-refractivity contribution in [3.8, 4) is 11.1 Å². The van der Waals surface area contributed by atoms with E-state index in [1.165, 1.54) is 16.7 Å². The van der Waals surface area contributed by atoms with E-state index in [1.807, 2.05) is 13.0 Å². The number of anilines is 1. The van der Waals surface area contributed by atoms with Crippen LogP contribution in [0.1, 0.15) is 17.0 Å². The molecule has 128 valence electrons. The first kappa shape index (κ1) is 16.3. The normalized spacial score (nSPS) is 10.8. The minimum Gasteiger partial charge on any atom is -0.365 e. The molecule has 4 aromatic rings. The first-order chi connectivity index (χ1) is 12.7. The van der Waals surface area contributed by atoms with Crippen molar-refractivity contribution in [3.05, 3.63) is 89.7 Å². The van der Waals surface area contributed by atoms with Crippen molar-refractivity contribution in [2.75, 3.05) is 5.32 Å². The second-order valence-corrected chi connectivity index (χ2v) is 6.47. The number of fused-ring (bicyclic) bond motifs is 1. The summed E-state index contributed by atoms with van der Waals surface area (Å²) in [4.78, 5) is 9.35. The summed E-state index contributed by atoms with van der Waals surface area (Å²) in [6, 6.07) is 25.1. The van der Waals surface area contributed by atoms with Gasteiger partial charge in [0.15, 0.2) is 0 Å². The molecule has 0 radical (unpaired) electrons. The topological polar surface area (TPSA) is 37.8 Å². The van der Waals surface area contributed by atoms with Crippen LogP contribution in [0.15, 0.2) is 72.8 Å². The highest BCUT2D eigenvalue weighted by molar-refractivity contribution is 6.01. The quantitative estimate of drug-likeness (QED) is 0.531. The van der Waals surface area contributed by atoms with Crippen LogP contribution in [0.4, 0.5) is 5.82 Å². The van der Waals surface area contributed by atoms with Crippen LogP contribution < -0.4 is 5.32 Å². The van der Waals surface area contributed by atoms with Gasteiger partial charge in [-0.15, -0.1) is 0 Å². The molecular formula is C23H21N3. The van der Waals surface area contributed by atoms with Crippen LogP contribution in [0.25, 0.3) is 22.0 Å². The standard InChI is InChI=1S/C23H21N3/c1-16-9-6-7-12-19(16)15-24-23-22-20(18-10-4-3-5-11-18)13-8-14-21(22)25-17(2)26-23/h3-14H,15H2,1-2H3,(H,24,25,26). The fourth-order valence-corrected chi connectivity index (χ4v) is 3.27. The van der Waals surface area contributed by atoms with E-state index in [9.17, 15) is 0 Å². The van der Waals surface area contributed by atoms with Crippen molar-refractivity contribution in [3.63, 3.8) is 0 Å². The SMILES string of the molecule is Cc1nc(NCc2ccccc2C)c2c(-c3ccccc3)cccc2n1. The van der Waals surface area contributed by atoms with Crippen molar-refractivity contribution < 1.29 is 0 Å². The van der Waals surface area contributed by atoms with Crippen LogP contribution in [0.3, 0.4) is 0 Å². The van der Waals surface area contributed by atoms with Gasteiger partial charge in [-0.1, -0.05) is 66.7 Å². The third kappa shape index (κ3) is 3.16. The summed E-state index contributed by atoms with van der Waals surface area (Å²) in [6.07, 6.45) is 0. The first-order valence-corrected chi connectivity index (χ1v) is 8.83. The number of nitrogens with zero attached hydrogens (tertiary/aromatic N) is 2. The van der Waals surface area contributed by atoms with Gasteiger partial charge in [0.2, 0.25) is 0 Å². The number of benzene rings is 3. The van der Waals surface area contributed by atoms with Gasteiger partial charge in [0.1, 0.15) is 11.6 Å². The molecule has 0 fully saturated rings. The molecule has 1 heterocycles. The van der Waals surface area contributed by atoms with Crippen LogP contribution >= 0.6 is 0 Å². The van der Waals surface area contributed by atoms with Gasteiger partial charge in [0.25, 0.3) is 0 Å². The Morgan fingerprint density at radius 2 is 1.54 bits per heavy atom. The molecule has 0 spiro atoms. The summed E-state index contributed by atoms with van der Waals surface area (Å²) >= 11 is 0. The second-order valence-electron chi connectivity index (χ2n) is 6.47. The molecule has 4 rings (SSSR count). The van der Waals surface area contributed by atoms with E-state index >= 15 is 0 Å². The average Bonchev–Trinajstić information content (AvgIpc) is 2.67. The molecule has 3 nitrogen and oxygen atoms in total. The molecule has 0 aliphatic carbocycles. The minimum absolute atomic E-state index is 0.737. The van der Waals surface area contributed by atoms with Crippen LogP contribution in [0, 0.1) is 13.8 Å². The zero-order valence-electron chi connectivity index (χ0n) is 15.0. The number of hydrogen-bond acceptors (Lipinski definition) is 3. The predicted molar refractivity (Wildman–Crippen MR) is 108 cm³/mol. The van der Waals surface area contributed by atoms with Gasteiger partial charge in [-0.05, 0) is 42.2 Å². The van der Waals surface area contributed by atoms with Crippen LogP contribution in [-0.2, 0) is 6.54 Å². The molecule has 0 bridgehead atoms. The first-order valence-electron chi connectivity index (χ1n) is 8.83. The summed E-state index contributed by atoms with van der Waals surface area (Å²) in [6.45, 7) is 4.81. The molecular weight excluding hydrogens is 318 g/mol. The van der Waals surface area contributed by atoms with Crippen molar-refractivity contribution >= 4 is 16.7 Å². The molecule has 1 N–H and O–H groups in total. The predicted octanol–water partition coefficient (Wildman–Crippen LogP) is 5.53. The number of nitrogens with one attached hydrogen (secondary N) is 1. The lowest BCUT2D eigenvalue weighted by Crippen LogP contribution is -2.06. The van der Waals surface area contributed by atoms with E-state index in [2.05, 4.69) is 84.0 Å². The largest absolute Gasteiger partial charge is 0.365 e. The Morgan fingerprint density at radius 1 is 0.769 bits per heavy atom. The van der Waals surface area contributed by atoms with E-state index in [4.69, 9.17) is 4.98 Å². The van der Waals surface area contributed by atoms with E-state index < -0.39 is 0 Å². The van der Waals surface area contributed by atoms with E-state index in [0.29, 0.717) is 0 Å². The highest BCUT2D eigenvalue weighted by atomic mass is 15.0. The zero-order valence-corrected chi connectivity index (χ0v) is 15.0. The fourth-order valence-electron chi connectivity index (χ4n) is 3.27. The van der Waals surface area contributed by atoms with Crippen LogP contribution in [-0.4, -0.2) is 9.97 Å². The Morgan fingerprint density at radius 3 is 2.35 bits per heavy atom. The Kier molecular flexibility index (Phi) is 4.36. The molecule has 0 saturated carbocycles. The lowest BCUT2D eigenvalue weighted by molar-refractivity contribution is 1.04. The molecule has 26 heavy (non-hydrogen) atoms. The molecule has 0 atom stereocenters. The lowest BCUT2D eigenvalue weighted by Gasteiger charge is -2.14. The molecule has 0 aliphatic rings. The van der Waals surface area contributed by atoms with Gasteiger partial charge >= 0.3 is 0 Å². The van der Waals surface area contributed by atoms with Crippen molar-refractivity contribution in [2.24, 2.45) is 0 Å². The molecule has 0 aliphatic heterocycles. The van der Waals surface area contributed by atoms with Gasteiger partial charge in [-0.25, -0.2) is 9.97 Å². The number of hydrogen-bond donors (Lipinski definition) is 1. The number of rotatable bonds is 4. The Hall–Kier alpha value is -3.20. The Balaban J connectivity index is 1.82. The second kappa shape index (κ2) is 6.96. The summed E-state index contributed by atoms with van der Waals surface area (Å²) in [7, 11) is 0. The Labute approximate surface area is 153 Å². The number of aryl methyl sites for hydroxylation is 2. The summed E-state index contributed by atoms with van der Waals surface area (Å²) in [5.74, 6) is 1.66. The smallest absolute Gasteiger partial charge is 0.138 e. The monoisotopic (exact) mass is 339 g/mol. The van der Waals surface area contributed by atoms with Crippen molar-refractivity contribution in [2.45, 2.75) is 20.4 Å². The van der Waals surface area contributed by atoms with Crippen LogP contribution in [0.5, 0.6) is 0 Å². The molecule has 0 unspecified atom stereocenters. The molecule has 1 aromatic heterocycles. The van der Waals surface area contributed by atoms with Gasteiger partial charge in [-0.3, -0.25) is 0 Å². The maximum absolute atomic E-state index is 4.71. The van der Waals surface area contributed by atoms with E-state index in [0.717, 1.165) is 34.7 Å². The summed E-state index contributed by atoms with van der Waals surface area (Å²) < 4.78 is 0. The third-order valence-electron chi connectivity index (χ3n) is 4.63. The minimum atomic E-state index is 0.737. The Bertz CT molecular complexity index is 1060. The van der Waals surface area contributed by atoms with E-state index in [1.54, 1.807) is 0 Å². The van der Waals surface area contributed by atoms with Crippen LogP contribution in [0.2, 0.25) is 0 Å². The van der Waals surface area contributed by atoms with E-state index in [-0.39, 0.29) is 0 Å². The maximum Gasteiger partial charge on any atom is 0.138 e. The van der Waals surface area contributed by atoms with Gasteiger partial charge in [0, 0.05) is 6.54 Å². The maximum atomic E-state index is 4.71. The highest BCUT2D eigenvalue weighted by Gasteiger charge is 2.12. The summed E-state index contributed by atoms with van der Waals surface area (Å²) in [5, 5.41) is 4.61. The van der Waals surface area contributed by atoms with Gasteiger partial charge in [-0.2, -0.15) is 0 Å². The van der Waals surface area contributed by atoms with Gasteiger partial charge in [0.05, 0.1) is 10.9 Å². The highest BCUT2D eigenvalue weighted by Crippen LogP contribution is 2.32. The van der Waals surface area contributed by atoms with Gasteiger partial charge < -0.3 is 5.32 Å². The summed E-state index contributed by atoms with van der Waals surface area (Å²) in [5.41, 5.74) is 5.83. The molecule has 0 amide bonds. The van der Waals surface area contributed by atoms with Crippen molar-refractivity contribution in [1.82, 2.24) is 9.97 Å². The average molecular weight is 339 g/mol. The molecule has 0 saturated heterocycles. The van der Waals surface area contributed by atoms with Crippen molar-refractivity contribution in [1.29, 1.82) is 0 Å². The molecule has 3 heteroatoms. The third-order valence-corrected chi connectivity index (χ3v) is 4.63. The lowest BCUT2D eigenvalue weighted by atomic mass is 10.0.